The third-order valence-corrected chi connectivity index (χ3v) is 7.34. The van der Waals surface area contributed by atoms with Crippen LogP contribution in [0.3, 0.4) is 0 Å². The number of carbonyl (C=O) groups is 2. The van der Waals surface area contributed by atoms with Crippen LogP contribution in [0.25, 0.3) is 11.0 Å². The maximum atomic E-state index is 13.8. The fraction of sp³-hybridized carbons (Fsp3) is 0.259. The lowest BCUT2D eigenvalue weighted by atomic mass is 9.98. The number of benzene rings is 2. The Morgan fingerprint density at radius 1 is 1.08 bits per heavy atom. The Morgan fingerprint density at radius 2 is 1.84 bits per heavy atom. The third-order valence-electron chi connectivity index (χ3n) is 6.20. The van der Waals surface area contributed by atoms with Gasteiger partial charge >= 0.3 is 5.97 Å². The highest BCUT2D eigenvalue weighted by molar-refractivity contribution is 7.17. The van der Waals surface area contributed by atoms with Gasteiger partial charge in [0, 0.05) is 0 Å². The van der Waals surface area contributed by atoms with Crippen molar-refractivity contribution < 1.29 is 28.2 Å². The quantitative estimate of drug-likeness (QED) is 0.333. The van der Waals surface area contributed by atoms with Crippen LogP contribution in [-0.4, -0.2) is 37.7 Å². The van der Waals surface area contributed by atoms with E-state index in [1.807, 2.05) is 13.0 Å². The van der Waals surface area contributed by atoms with E-state index in [1.54, 1.807) is 44.2 Å². The van der Waals surface area contributed by atoms with Gasteiger partial charge in [-0.15, -0.1) is 0 Å². The van der Waals surface area contributed by atoms with Gasteiger partial charge in [-0.05, 0) is 50.6 Å². The van der Waals surface area contributed by atoms with E-state index in [0.717, 1.165) is 16.9 Å². The average Bonchev–Trinajstić information content (AvgIpc) is 3.41. The highest BCUT2D eigenvalue weighted by Crippen LogP contribution is 2.44. The summed E-state index contributed by atoms with van der Waals surface area (Å²) in [7, 11) is 3.03. The lowest BCUT2D eigenvalue weighted by Crippen LogP contribution is -2.29. The molecule has 9 nitrogen and oxygen atoms in total. The number of fused-ring (bicyclic) bond motifs is 2. The normalized spacial score (nSPS) is 14.7. The van der Waals surface area contributed by atoms with Crippen LogP contribution in [0.1, 0.15) is 55.6 Å². The number of aryl methyl sites for hydroxylation is 2. The lowest BCUT2D eigenvalue weighted by molar-refractivity contribution is 0.0531. The largest absolute Gasteiger partial charge is 0.493 e. The average molecular weight is 521 g/mol. The second-order valence-electron chi connectivity index (χ2n) is 8.50. The smallest absolute Gasteiger partial charge is 0.350 e. The van der Waals surface area contributed by atoms with E-state index in [1.165, 1.54) is 19.1 Å². The van der Waals surface area contributed by atoms with E-state index in [2.05, 4.69) is 4.98 Å². The molecule has 5 rings (SSSR count). The molecule has 1 aliphatic rings. The van der Waals surface area contributed by atoms with Crippen molar-refractivity contribution >= 4 is 39.3 Å². The number of carbonyl (C=O) groups excluding carboxylic acids is 2. The molecule has 0 bridgehead atoms. The van der Waals surface area contributed by atoms with E-state index in [0.29, 0.717) is 33.7 Å². The van der Waals surface area contributed by atoms with Crippen molar-refractivity contribution in [1.29, 1.82) is 0 Å². The maximum Gasteiger partial charge on any atom is 0.350 e. The molecule has 3 heterocycles. The first-order valence-corrected chi connectivity index (χ1v) is 12.4. The Bertz CT molecular complexity index is 1620. The van der Waals surface area contributed by atoms with Gasteiger partial charge in [-0.25, -0.2) is 9.78 Å². The van der Waals surface area contributed by atoms with Crippen LogP contribution in [0.15, 0.2) is 45.6 Å². The van der Waals surface area contributed by atoms with Gasteiger partial charge in [-0.3, -0.25) is 14.5 Å². The van der Waals surface area contributed by atoms with Crippen molar-refractivity contribution in [1.82, 2.24) is 4.98 Å². The summed E-state index contributed by atoms with van der Waals surface area (Å²) >= 11 is 1.03. The van der Waals surface area contributed by atoms with E-state index >= 15 is 0 Å². The highest BCUT2D eigenvalue weighted by Gasteiger charge is 2.45. The number of rotatable bonds is 6. The zero-order valence-corrected chi connectivity index (χ0v) is 21.7. The molecule has 10 heteroatoms. The van der Waals surface area contributed by atoms with E-state index in [-0.39, 0.29) is 33.4 Å². The van der Waals surface area contributed by atoms with Crippen molar-refractivity contribution in [3.8, 4) is 11.5 Å². The molecule has 4 aromatic rings. The molecule has 0 radical (unpaired) electrons. The Balaban J connectivity index is 1.77. The summed E-state index contributed by atoms with van der Waals surface area (Å²) in [5.41, 5.74) is 2.11. The Hall–Kier alpha value is -4.18. The van der Waals surface area contributed by atoms with Crippen molar-refractivity contribution in [2.45, 2.75) is 26.8 Å². The molecule has 190 valence electrons. The molecule has 1 amide bonds. The number of hydrogen-bond acceptors (Lipinski definition) is 9. The minimum absolute atomic E-state index is 0.0633. The van der Waals surface area contributed by atoms with Crippen LogP contribution in [-0.2, 0) is 4.74 Å². The van der Waals surface area contributed by atoms with Crippen LogP contribution in [0.4, 0.5) is 5.13 Å². The van der Waals surface area contributed by atoms with Crippen LogP contribution >= 0.6 is 11.3 Å². The molecule has 1 atom stereocenters. The first-order chi connectivity index (χ1) is 17.8. The van der Waals surface area contributed by atoms with Gasteiger partial charge < -0.3 is 18.6 Å². The number of nitrogens with zero attached hydrogens (tertiary/aromatic N) is 2. The van der Waals surface area contributed by atoms with Crippen LogP contribution in [0, 0.1) is 13.8 Å². The molecule has 0 spiro atoms. The summed E-state index contributed by atoms with van der Waals surface area (Å²) in [6.07, 6.45) is 0. The molecule has 0 aliphatic carbocycles. The summed E-state index contributed by atoms with van der Waals surface area (Å²) in [5, 5.41) is 0.623. The second-order valence-corrected chi connectivity index (χ2v) is 9.47. The number of amides is 1. The minimum Gasteiger partial charge on any atom is -0.493 e. The summed E-state index contributed by atoms with van der Waals surface area (Å²) in [5.74, 6) is -0.182. The maximum absolute atomic E-state index is 13.8. The zero-order valence-electron chi connectivity index (χ0n) is 20.9. The molecule has 0 fully saturated rings. The molecule has 1 aliphatic heterocycles. The number of thiazole rings is 1. The lowest BCUT2D eigenvalue weighted by Gasteiger charge is -2.23. The SMILES string of the molecule is CCOC(=O)c1sc(N2C(=O)c3oc4ccc(C)cc4c(=O)c3C2c2ccc(OC)c(OC)c2)nc1C. The van der Waals surface area contributed by atoms with E-state index in [9.17, 15) is 14.4 Å². The number of hydrogen-bond donors (Lipinski definition) is 0. The summed E-state index contributed by atoms with van der Waals surface area (Å²) in [4.78, 5) is 46.3. The van der Waals surface area contributed by atoms with Crippen molar-refractivity contribution in [2.75, 3.05) is 25.7 Å². The molecule has 0 N–H and O–H groups in total. The third kappa shape index (κ3) is 3.93. The van der Waals surface area contributed by atoms with Gasteiger partial charge in [0.15, 0.2) is 22.1 Å². The van der Waals surface area contributed by atoms with Crippen molar-refractivity contribution in [3.63, 3.8) is 0 Å². The topological polar surface area (TPSA) is 108 Å². The molecular weight excluding hydrogens is 496 g/mol. The fourth-order valence-corrected chi connectivity index (χ4v) is 5.48. The molecule has 0 saturated carbocycles. The molecule has 37 heavy (non-hydrogen) atoms. The Morgan fingerprint density at radius 3 is 2.54 bits per heavy atom. The summed E-state index contributed by atoms with van der Waals surface area (Å²) in [6.45, 7) is 5.47. The van der Waals surface area contributed by atoms with Gasteiger partial charge in [0.2, 0.25) is 5.76 Å². The predicted molar refractivity (Wildman–Crippen MR) is 138 cm³/mol. The van der Waals surface area contributed by atoms with Gasteiger partial charge in [-0.1, -0.05) is 29.0 Å². The molecule has 1 unspecified atom stereocenters. The van der Waals surface area contributed by atoms with Gasteiger partial charge in [-0.2, -0.15) is 0 Å². The molecule has 2 aromatic heterocycles. The monoisotopic (exact) mass is 520 g/mol. The number of aromatic nitrogens is 1. The summed E-state index contributed by atoms with van der Waals surface area (Å²) < 4.78 is 22.0. The second kappa shape index (κ2) is 9.36. The van der Waals surface area contributed by atoms with Crippen LogP contribution in [0.2, 0.25) is 0 Å². The first kappa shape index (κ1) is 24.5. The Labute approximate surface area is 216 Å². The summed E-state index contributed by atoms with van der Waals surface area (Å²) in [6, 6.07) is 9.55. The van der Waals surface area contributed by atoms with E-state index < -0.39 is 17.9 Å². The number of methoxy groups -OCH3 is 2. The van der Waals surface area contributed by atoms with Crippen molar-refractivity contribution in [2.24, 2.45) is 0 Å². The predicted octanol–water partition coefficient (Wildman–Crippen LogP) is 4.81. The van der Waals surface area contributed by atoms with Crippen LogP contribution < -0.4 is 19.8 Å². The number of ether oxygens (including phenoxy) is 3. The molecular formula is C27H24N2O7S. The van der Waals surface area contributed by atoms with Crippen LogP contribution in [0.5, 0.6) is 11.5 Å². The van der Waals surface area contributed by atoms with Gasteiger partial charge in [0.1, 0.15) is 10.5 Å². The minimum atomic E-state index is -0.871. The van der Waals surface area contributed by atoms with Crippen molar-refractivity contribution in [3.05, 3.63) is 79.6 Å². The molecule has 2 aromatic carbocycles. The van der Waals surface area contributed by atoms with Gasteiger partial charge in [0.05, 0.1) is 43.5 Å². The Kier molecular flexibility index (Phi) is 6.20. The van der Waals surface area contributed by atoms with Gasteiger partial charge in [0.25, 0.3) is 5.91 Å². The first-order valence-electron chi connectivity index (χ1n) is 11.6. The number of anilines is 1. The molecule has 0 saturated heterocycles. The van der Waals surface area contributed by atoms with E-state index in [4.69, 9.17) is 18.6 Å². The number of esters is 1. The highest BCUT2D eigenvalue weighted by atomic mass is 32.1. The zero-order chi connectivity index (χ0) is 26.4. The standard InChI is InChI=1S/C27H24N2O7S/c1-6-35-26(32)24-14(3)28-27(37-24)29-21(15-8-10-18(33-4)19(12-15)34-5)20-22(30)16-11-13(2)7-9-17(16)36-23(20)25(29)31/h7-12,21H,6H2,1-5H3. The fourth-order valence-electron chi connectivity index (χ4n) is 4.49.